The summed E-state index contributed by atoms with van der Waals surface area (Å²) in [5.74, 6) is -0.248. The number of hydrogen-bond donors (Lipinski definition) is 1. The zero-order chi connectivity index (χ0) is 22.9. The molecule has 0 bridgehead atoms. The van der Waals surface area contributed by atoms with Crippen LogP contribution in [0.2, 0.25) is 0 Å². The number of carbonyl (C=O) groups excluding carboxylic acids is 2. The zero-order valence-electron chi connectivity index (χ0n) is 17.0. The molecule has 0 aliphatic carbocycles. The second kappa shape index (κ2) is 10.5. The van der Waals surface area contributed by atoms with Crippen LogP contribution >= 0.6 is 0 Å². The molecule has 162 valence electrons. The fourth-order valence-electron chi connectivity index (χ4n) is 2.53. The second-order valence-electron chi connectivity index (χ2n) is 6.57. The summed E-state index contributed by atoms with van der Waals surface area (Å²) in [5.41, 5.74) is 3.42. The van der Waals surface area contributed by atoms with Crippen LogP contribution in [0.3, 0.4) is 0 Å². The molecule has 1 unspecified atom stereocenters. The van der Waals surface area contributed by atoms with Crippen LogP contribution in [0.5, 0.6) is 11.5 Å². The van der Waals surface area contributed by atoms with E-state index in [2.05, 4.69) is 10.5 Å². The molecule has 0 aliphatic rings. The lowest BCUT2D eigenvalue weighted by Gasteiger charge is -2.12. The largest absolute Gasteiger partial charge is 0.481 e. The Morgan fingerprint density at radius 1 is 0.969 bits per heavy atom. The molecule has 1 atom stereocenters. The number of nitro benzene ring substituents is 1. The molecule has 3 aromatic rings. The van der Waals surface area contributed by atoms with Crippen LogP contribution in [0.4, 0.5) is 5.69 Å². The molecule has 1 amide bonds. The van der Waals surface area contributed by atoms with Crippen LogP contribution < -0.4 is 14.9 Å². The van der Waals surface area contributed by atoms with Gasteiger partial charge in [0, 0.05) is 12.1 Å². The van der Waals surface area contributed by atoms with Gasteiger partial charge in [-0.25, -0.2) is 10.2 Å². The van der Waals surface area contributed by atoms with Gasteiger partial charge < -0.3 is 9.47 Å². The molecule has 9 nitrogen and oxygen atoms in total. The number of ether oxygens (including phenoxy) is 2. The maximum atomic E-state index is 12.1. The van der Waals surface area contributed by atoms with E-state index in [4.69, 9.17) is 9.47 Å². The summed E-state index contributed by atoms with van der Waals surface area (Å²) in [6.45, 7) is 1.53. The van der Waals surface area contributed by atoms with E-state index >= 15 is 0 Å². The number of nitrogens with one attached hydrogen (secondary N) is 1. The van der Waals surface area contributed by atoms with Gasteiger partial charge in [0.05, 0.1) is 16.7 Å². The first kappa shape index (κ1) is 22.2. The minimum Gasteiger partial charge on any atom is -0.481 e. The Kier molecular flexibility index (Phi) is 7.26. The molecule has 0 aliphatic heterocycles. The van der Waals surface area contributed by atoms with Gasteiger partial charge in [-0.3, -0.25) is 14.9 Å². The Morgan fingerprint density at radius 2 is 1.59 bits per heavy atom. The topological polar surface area (TPSA) is 120 Å². The number of hydrazone groups is 1. The Labute approximate surface area is 183 Å². The van der Waals surface area contributed by atoms with Crippen LogP contribution in [0.25, 0.3) is 0 Å². The van der Waals surface area contributed by atoms with Crippen molar-refractivity contribution in [3.05, 3.63) is 100 Å². The summed E-state index contributed by atoms with van der Waals surface area (Å²) in [5, 5.41) is 14.5. The lowest BCUT2D eigenvalue weighted by atomic mass is 10.2. The highest BCUT2D eigenvalue weighted by Crippen LogP contribution is 2.18. The lowest BCUT2D eigenvalue weighted by Crippen LogP contribution is -2.33. The molecule has 32 heavy (non-hydrogen) atoms. The number of benzene rings is 3. The van der Waals surface area contributed by atoms with Gasteiger partial charge >= 0.3 is 5.97 Å². The number of nitro groups is 1. The fraction of sp³-hybridized carbons (Fsp3) is 0.0870. The van der Waals surface area contributed by atoms with E-state index in [1.807, 2.05) is 6.07 Å². The van der Waals surface area contributed by atoms with Gasteiger partial charge in [0.15, 0.2) is 6.10 Å². The monoisotopic (exact) mass is 433 g/mol. The van der Waals surface area contributed by atoms with Gasteiger partial charge in [-0.2, -0.15) is 5.10 Å². The molecule has 0 heterocycles. The van der Waals surface area contributed by atoms with Crippen molar-refractivity contribution in [3.8, 4) is 11.5 Å². The highest BCUT2D eigenvalue weighted by molar-refractivity contribution is 5.91. The predicted octanol–water partition coefficient (Wildman–Crippen LogP) is 3.73. The van der Waals surface area contributed by atoms with Crippen molar-refractivity contribution in [2.75, 3.05) is 0 Å². The van der Waals surface area contributed by atoms with Gasteiger partial charge in [0.2, 0.25) is 0 Å². The van der Waals surface area contributed by atoms with Gasteiger partial charge in [0.25, 0.3) is 11.6 Å². The number of hydrogen-bond acceptors (Lipinski definition) is 7. The highest BCUT2D eigenvalue weighted by Gasteiger charge is 2.14. The predicted molar refractivity (Wildman–Crippen MR) is 117 cm³/mol. The van der Waals surface area contributed by atoms with Crippen molar-refractivity contribution in [1.29, 1.82) is 0 Å². The first-order chi connectivity index (χ1) is 15.4. The molecule has 1 N–H and O–H groups in total. The molecule has 0 fully saturated rings. The summed E-state index contributed by atoms with van der Waals surface area (Å²) in [6.07, 6.45) is 0.563. The van der Waals surface area contributed by atoms with Crippen molar-refractivity contribution < 1.29 is 24.0 Å². The number of rotatable bonds is 8. The first-order valence-corrected chi connectivity index (χ1v) is 9.54. The van der Waals surface area contributed by atoms with E-state index in [0.29, 0.717) is 22.6 Å². The van der Waals surface area contributed by atoms with E-state index < -0.39 is 22.9 Å². The molecular weight excluding hydrogens is 414 g/mol. The number of carbonyl (C=O) groups is 2. The van der Waals surface area contributed by atoms with Gasteiger partial charge in [-0.1, -0.05) is 18.2 Å². The van der Waals surface area contributed by atoms with Crippen LogP contribution in [-0.2, 0) is 4.79 Å². The van der Waals surface area contributed by atoms with Crippen molar-refractivity contribution in [1.82, 2.24) is 5.43 Å². The van der Waals surface area contributed by atoms with E-state index in [9.17, 15) is 19.7 Å². The third kappa shape index (κ3) is 6.23. The van der Waals surface area contributed by atoms with Crippen LogP contribution in [0.15, 0.2) is 84.0 Å². The molecule has 3 rings (SSSR count). The molecule has 0 saturated heterocycles. The Hall–Kier alpha value is -4.53. The first-order valence-electron chi connectivity index (χ1n) is 9.54. The standard InChI is InChI=1S/C23H19N3O6/c1-16(31-20-13-9-19(10-14-20)26(29)30)22(27)25-24-15-17-7-11-21(12-8-17)32-23(28)18-5-3-2-4-6-18/h2-16H,1H3,(H,25,27)/b24-15+. The molecule has 0 spiro atoms. The Morgan fingerprint density at radius 3 is 2.22 bits per heavy atom. The SMILES string of the molecule is CC(Oc1ccc([N+](=O)[O-])cc1)C(=O)N/N=C/c1ccc(OC(=O)c2ccccc2)cc1. The van der Waals surface area contributed by atoms with E-state index in [-0.39, 0.29) is 5.69 Å². The zero-order valence-corrected chi connectivity index (χ0v) is 17.0. The minimum atomic E-state index is -0.867. The Balaban J connectivity index is 1.48. The molecular formula is C23H19N3O6. The van der Waals surface area contributed by atoms with E-state index in [1.165, 1.54) is 37.4 Å². The lowest BCUT2D eigenvalue weighted by molar-refractivity contribution is -0.384. The quantitative estimate of drug-likeness (QED) is 0.190. The van der Waals surface area contributed by atoms with E-state index in [1.54, 1.807) is 48.5 Å². The number of amides is 1. The average molecular weight is 433 g/mol. The molecule has 9 heteroatoms. The Bertz CT molecular complexity index is 1110. The van der Waals surface area contributed by atoms with Gasteiger partial charge in [0.1, 0.15) is 11.5 Å². The van der Waals surface area contributed by atoms with Crippen molar-refractivity contribution in [2.45, 2.75) is 13.0 Å². The minimum absolute atomic E-state index is 0.0695. The maximum Gasteiger partial charge on any atom is 0.343 e. The highest BCUT2D eigenvalue weighted by atomic mass is 16.6. The maximum absolute atomic E-state index is 12.1. The van der Waals surface area contributed by atoms with Crippen LogP contribution in [0.1, 0.15) is 22.8 Å². The van der Waals surface area contributed by atoms with Crippen molar-refractivity contribution in [3.63, 3.8) is 0 Å². The summed E-state index contributed by atoms with van der Waals surface area (Å²) in [4.78, 5) is 34.3. The third-order valence-electron chi connectivity index (χ3n) is 4.22. The normalized spacial score (nSPS) is 11.5. The molecule has 3 aromatic carbocycles. The van der Waals surface area contributed by atoms with Crippen LogP contribution in [0, 0.1) is 10.1 Å². The third-order valence-corrected chi connectivity index (χ3v) is 4.22. The summed E-state index contributed by atoms with van der Waals surface area (Å²) in [7, 11) is 0. The number of non-ortho nitro benzene ring substituents is 1. The summed E-state index contributed by atoms with van der Waals surface area (Å²) in [6, 6.07) is 20.6. The van der Waals surface area contributed by atoms with Crippen molar-refractivity contribution >= 4 is 23.8 Å². The molecule has 0 radical (unpaired) electrons. The number of esters is 1. The second-order valence-corrected chi connectivity index (χ2v) is 6.57. The van der Waals surface area contributed by atoms with Crippen LogP contribution in [-0.4, -0.2) is 29.1 Å². The average Bonchev–Trinajstić information content (AvgIpc) is 2.81. The summed E-state index contributed by atoms with van der Waals surface area (Å²) >= 11 is 0. The smallest absolute Gasteiger partial charge is 0.343 e. The molecule has 0 saturated carbocycles. The van der Waals surface area contributed by atoms with Gasteiger partial charge in [-0.05, 0) is 61.0 Å². The molecule has 0 aromatic heterocycles. The van der Waals surface area contributed by atoms with Gasteiger partial charge in [-0.15, -0.1) is 0 Å². The number of nitrogens with zero attached hydrogens (tertiary/aromatic N) is 2. The van der Waals surface area contributed by atoms with E-state index in [0.717, 1.165) is 0 Å². The van der Waals surface area contributed by atoms with Crippen molar-refractivity contribution in [2.24, 2.45) is 5.10 Å². The summed E-state index contributed by atoms with van der Waals surface area (Å²) < 4.78 is 10.7. The fourth-order valence-corrected chi connectivity index (χ4v) is 2.53.